The van der Waals surface area contributed by atoms with Gasteiger partial charge >= 0.3 is 5.97 Å². The second-order valence-electron chi connectivity index (χ2n) is 4.72. The van der Waals surface area contributed by atoms with Crippen LogP contribution >= 0.6 is 0 Å². The third-order valence-corrected chi connectivity index (χ3v) is 2.83. The maximum absolute atomic E-state index is 11.7. The highest BCUT2D eigenvalue weighted by Crippen LogP contribution is 2.07. The summed E-state index contributed by atoms with van der Waals surface area (Å²) in [5.41, 5.74) is 1.08. The van der Waals surface area contributed by atoms with Crippen molar-refractivity contribution in [3.63, 3.8) is 0 Å². The van der Waals surface area contributed by atoms with E-state index in [4.69, 9.17) is 4.74 Å². The van der Waals surface area contributed by atoms with E-state index in [0.717, 1.165) is 18.7 Å². The summed E-state index contributed by atoms with van der Waals surface area (Å²) in [5, 5.41) is 7.44. The van der Waals surface area contributed by atoms with E-state index in [0.29, 0.717) is 12.5 Å². The minimum Gasteiger partial charge on any atom is -0.468 e. The molecular weight excluding hydrogens is 230 g/mol. The zero-order chi connectivity index (χ0) is 13.5. The smallest absolute Gasteiger partial charge is 0.322 e. The predicted octanol–water partition coefficient (Wildman–Crippen LogP) is 1.58. The number of rotatable bonds is 7. The molecule has 0 spiro atoms. The summed E-state index contributed by atoms with van der Waals surface area (Å²) < 4.78 is 6.73. The molecule has 0 fully saturated rings. The molecule has 5 nitrogen and oxygen atoms in total. The molecule has 0 aliphatic carbocycles. The number of nitrogens with one attached hydrogen (secondary N) is 1. The minimum atomic E-state index is -0.254. The fourth-order valence-corrected chi connectivity index (χ4v) is 1.90. The van der Waals surface area contributed by atoms with E-state index >= 15 is 0 Å². The number of aromatic nitrogens is 2. The first-order chi connectivity index (χ1) is 8.58. The van der Waals surface area contributed by atoms with Crippen molar-refractivity contribution in [2.24, 2.45) is 5.92 Å². The number of esters is 1. The molecule has 1 aromatic rings. The van der Waals surface area contributed by atoms with Gasteiger partial charge < -0.3 is 4.74 Å². The quantitative estimate of drug-likeness (QED) is 0.750. The van der Waals surface area contributed by atoms with Crippen LogP contribution in [-0.2, 0) is 22.6 Å². The highest BCUT2D eigenvalue weighted by Gasteiger charge is 2.20. The van der Waals surface area contributed by atoms with E-state index in [9.17, 15) is 4.79 Å². The number of carbonyl (C=O) groups is 1. The third kappa shape index (κ3) is 4.14. The molecular formula is C13H23N3O2. The van der Waals surface area contributed by atoms with Crippen molar-refractivity contribution in [3.05, 3.63) is 18.0 Å². The monoisotopic (exact) mass is 253 g/mol. The second kappa shape index (κ2) is 7.16. The SMILES string of the molecule is CCn1nccc1CNC(CC(C)C)C(=O)OC. The van der Waals surface area contributed by atoms with Gasteiger partial charge in [0.05, 0.1) is 12.8 Å². The predicted molar refractivity (Wildman–Crippen MR) is 70.0 cm³/mol. The standard InChI is InChI=1S/C13H23N3O2/c1-5-16-11(6-7-15-16)9-14-12(8-10(2)3)13(17)18-4/h6-7,10,12,14H,5,8-9H2,1-4H3. The van der Waals surface area contributed by atoms with Crippen molar-refractivity contribution in [2.45, 2.75) is 46.3 Å². The van der Waals surface area contributed by atoms with Crippen LogP contribution in [0, 0.1) is 5.92 Å². The van der Waals surface area contributed by atoms with Crippen LogP contribution < -0.4 is 5.32 Å². The van der Waals surface area contributed by atoms with E-state index < -0.39 is 0 Å². The summed E-state index contributed by atoms with van der Waals surface area (Å²) in [4.78, 5) is 11.7. The van der Waals surface area contributed by atoms with Gasteiger partial charge in [-0.15, -0.1) is 0 Å². The number of hydrogen-bond acceptors (Lipinski definition) is 4. The lowest BCUT2D eigenvalue weighted by Gasteiger charge is -2.18. The highest BCUT2D eigenvalue weighted by molar-refractivity contribution is 5.75. The molecule has 102 valence electrons. The maximum atomic E-state index is 11.7. The van der Waals surface area contributed by atoms with E-state index in [1.165, 1.54) is 7.11 Å². The number of ether oxygens (including phenoxy) is 1. The Morgan fingerprint density at radius 3 is 2.83 bits per heavy atom. The first-order valence-corrected chi connectivity index (χ1v) is 6.40. The van der Waals surface area contributed by atoms with Crippen LogP contribution in [0.1, 0.15) is 32.9 Å². The molecule has 0 aromatic carbocycles. The van der Waals surface area contributed by atoms with Gasteiger partial charge in [0.1, 0.15) is 6.04 Å². The molecule has 1 aromatic heterocycles. The Balaban J connectivity index is 2.58. The Kier molecular flexibility index (Phi) is 5.85. The zero-order valence-corrected chi connectivity index (χ0v) is 11.6. The van der Waals surface area contributed by atoms with Gasteiger partial charge in [-0.1, -0.05) is 13.8 Å². The molecule has 0 aliphatic rings. The fourth-order valence-electron chi connectivity index (χ4n) is 1.90. The van der Waals surface area contributed by atoms with Gasteiger partial charge in [-0.05, 0) is 25.3 Å². The lowest BCUT2D eigenvalue weighted by Crippen LogP contribution is -2.38. The average Bonchev–Trinajstić information content (AvgIpc) is 2.80. The zero-order valence-electron chi connectivity index (χ0n) is 11.6. The lowest BCUT2D eigenvalue weighted by atomic mass is 10.0. The van der Waals surface area contributed by atoms with Crippen molar-refractivity contribution in [3.8, 4) is 0 Å². The molecule has 1 unspecified atom stereocenters. The molecule has 1 N–H and O–H groups in total. The molecule has 1 rings (SSSR count). The second-order valence-corrected chi connectivity index (χ2v) is 4.72. The Hall–Kier alpha value is -1.36. The summed E-state index contributed by atoms with van der Waals surface area (Å²) in [6.45, 7) is 7.68. The molecule has 18 heavy (non-hydrogen) atoms. The van der Waals surface area contributed by atoms with Crippen molar-refractivity contribution in [2.75, 3.05) is 7.11 Å². The van der Waals surface area contributed by atoms with Crippen molar-refractivity contribution >= 4 is 5.97 Å². The summed E-state index contributed by atoms with van der Waals surface area (Å²) in [7, 11) is 1.42. The largest absolute Gasteiger partial charge is 0.468 e. The number of nitrogens with zero attached hydrogens (tertiary/aromatic N) is 2. The van der Waals surface area contributed by atoms with Gasteiger partial charge in [0.15, 0.2) is 0 Å². The summed E-state index contributed by atoms with van der Waals surface area (Å²) in [6, 6.07) is 1.70. The Bertz CT molecular complexity index is 374. The molecule has 0 amide bonds. The summed E-state index contributed by atoms with van der Waals surface area (Å²) >= 11 is 0. The molecule has 0 aliphatic heterocycles. The third-order valence-electron chi connectivity index (χ3n) is 2.83. The first-order valence-electron chi connectivity index (χ1n) is 6.40. The van der Waals surface area contributed by atoms with Crippen LogP contribution in [0.25, 0.3) is 0 Å². The van der Waals surface area contributed by atoms with E-state index in [1.54, 1.807) is 6.20 Å². The molecule has 0 saturated carbocycles. The molecule has 0 bridgehead atoms. The van der Waals surface area contributed by atoms with Crippen molar-refractivity contribution in [1.29, 1.82) is 0 Å². The van der Waals surface area contributed by atoms with Gasteiger partial charge in [-0.2, -0.15) is 5.10 Å². The molecule has 0 radical (unpaired) electrons. The van der Waals surface area contributed by atoms with Crippen LogP contribution in [0.4, 0.5) is 0 Å². The topological polar surface area (TPSA) is 56.2 Å². The van der Waals surface area contributed by atoms with Gasteiger partial charge in [0.2, 0.25) is 0 Å². The summed E-state index contributed by atoms with van der Waals surface area (Å²) in [5.74, 6) is 0.240. The van der Waals surface area contributed by atoms with Gasteiger partial charge in [0.25, 0.3) is 0 Å². The Morgan fingerprint density at radius 1 is 1.56 bits per heavy atom. The van der Waals surface area contributed by atoms with Crippen LogP contribution in [0.3, 0.4) is 0 Å². The number of aryl methyl sites for hydroxylation is 1. The minimum absolute atomic E-state index is 0.203. The van der Waals surface area contributed by atoms with Gasteiger partial charge in [-0.3, -0.25) is 14.8 Å². The summed E-state index contributed by atoms with van der Waals surface area (Å²) in [6.07, 6.45) is 2.54. The van der Waals surface area contributed by atoms with Crippen LogP contribution in [-0.4, -0.2) is 28.9 Å². The average molecular weight is 253 g/mol. The fraction of sp³-hybridized carbons (Fsp3) is 0.692. The van der Waals surface area contributed by atoms with Gasteiger partial charge in [0, 0.05) is 19.3 Å². The number of methoxy groups -OCH3 is 1. The molecule has 1 atom stereocenters. The van der Waals surface area contributed by atoms with Gasteiger partial charge in [-0.25, -0.2) is 0 Å². The van der Waals surface area contributed by atoms with E-state index in [2.05, 4.69) is 24.3 Å². The first kappa shape index (κ1) is 14.7. The lowest BCUT2D eigenvalue weighted by molar-refractivity contribution is -0.143. The molecule has 0 saturated heterocycles. The van der Waals surface area contributed by atoms with Crippen LogP contribution in [0.2, 0.25) is 0 Å². The number of hydrogen-bond donors (Lipinski definition) is 1. The number of carbonyl (C=O) groups excluding carboxylic acids is 1. The van der Waals surface area contributed by atoms with Crippen LogP contribution in [0.15, 0.2) is 12.3 Å². The van der Waals surface area contributed by atoms with Crippen LogP contribution in [0.5, 0.6) is 0 Å². The Labute approximate surface area is 109 Å². The Morgan fingerprint density at radius 2 is 2.28 bits per heavy atom. The van der Waals surface area contributed by atoms with Crippen molar-refractivity contribution < 1.29 is 9.53 Å². The van der Waals surface area contributed by atoms with E-state index in [1.807, 2.05) is 17.7 Å². The molecule has 5 heteroatoms. The normalized spacial score (nSPS) is 12.7. The van der Waals surface area contributed by atoms with Crippen molar-refractivity contribution in [1.82, 2.24) is 15.1 Å². The van der Waals surface area contributed by atoms with E-state index in [-0.39, 0.29) is 12.0 Å². The maximum Gasteiger partial charge on any atom is 0.322 e. The highest BCUT2D eigenvalue weighted by atomic mass is 16.5. The molecule has 1 heterocycles.